The highest BCUT2D eigenvalue weighted by molar-refractivity contribution is 6.15. The third-order valence-corrected chi connectivity index (χ3v) is 29.2. The molecule has 0 N–H and O–H groups in total. The normalized spacial score (nSPS) is 11.8. The molecule has 4 aromatic heterocycles. The van der Waals surface area contributed by atoms with Crippen molar-refractivity contribution in [3.63, 3.8) is 0 Å². The van der Waals surface area contributed by atoms with Crippen LogP contribution in [0.4, 0.5) is 51.2 Å². The van der Waals surface area contributed by atoms with Crippen molar-refractivity contribution in [2.75, 3.05) is 14.7 Å². The van der Waals surface area contributed by atoms with E-state index >= 15 is 0 Å². The topological polar surface area (TPSA) is 29.4 Å². The van der Waals surface area contributed by atoms with E-state index in [1.54, 1.807) is 0 Å². The van der Waals surface area contributed by atoms with E-state index in [1.165, 1.54) is 110 Å². The first-order valence-corrected chi connectivity index (χ1v) is 49.5. The molecule has 22 aromatic carbocycles. The highest BCUT2D eigenvalue weighted by Crippen LogP contribution is 2.49. The number of hydrogen-bond donors (Lipinski definition) is 0. The number of para-hydroxylation sites is 8. The van der Waals surface area contributed by atoms with Crippen molar-refractivity contribution in [2.45, 2.75) is 26.2 Å². The van der Waals surface area contributed by atoms with Crippen molar-refractivity contribution in [1.29, 1.82) is 0 Å². The standard InChI is InChI=1S/C136H97N7/c1-3-117(98-31-9-4-10-32-98)118-45-19-20-46-119(118)124-85-99(56-55-92(124)2)93-57-71-108(72-58-93)137(109-73-59-94(60-74-109)100-67-81-133-125(86-100)120-47-21-25-51-129(120)140(133)104-33-11-5-12-34-104)113-41-29-43-115(90-113)139(112-79-65-97(66-80-112)103-70-84-136-128(89-103)123-50-24-28-54-132(123)143(136)107-39-17-8-18-40-107)116-44-30-42-114(91-116)138(110-75-61-95(62-76-110)101-68-82-134-126(87-101)121-48-22-26-52-130(121)141(134)105-35-13-6-14-36-105)111-77-63-96(64-78-111)102-69-83-135-127(88-102)122-49-23-27-53-131(122)142(135)106-37-15-7-16-38-106/h4-91,117H,3H2,1-2H3. The minimum absolute atomic E-state index is 0.248. The maximum atomic E-state index is 2.44. The third kappa shape index (κ3) is 15.3. The van der Waals surface area contributed by atoms with Gasteiger partial charge in [-0.1, -0.05) is 316 Å². The molecule has 1 unspecified atom stereocenters. The monoisotopic (exact) mass is 1830 g/mol. The molecule has 7 heteroatoms. The lowest BCUT2D eigenvalue weighted by Gasteiger charge is -2.31. The van der Waals surface area contributed by atoms with E-state index in [9.17, 15) is 0 Å². The van der Waals surface area contributed by atoms with Crippen molar-refractivity contribution in [1.82, 2.24) is 18.3 Å². The van der Waals surface area contributed by atoms with E-state index in [-0.39, 0.29) is 5.92 Å². The van der Waals surface area contributed by atoms with Gasteiger partial charge < -0.3 is 33.0 Å². The van der Waals surface area contributed by atoms with Crippen LogP contribution in [0.1, 0.15) is 36.0 Å². The van der Waals surface area contributed by atoms with E-state index < -0.39 is 0 Å². The summed E-state index contributed by atoms with van der Waals surface area (Å²) in [6, 6.07) is 197. The zero-order chi connectivity index (χ0) is 95.0. The second-order valence-electron chi connectivity index (χ2n) is 37.4. The average Bonchev–Trinajstić information content (AvgIpc) is 1.61. The van der Waals surface area contributed by atoms with Crippen LogP contribution in [0.2, 0.25) is 0 Å². The zero-order valence-electron chi connectivity index (χ0n) is 79.2. The number of nitrogens with zero attached hydrogens (tertiary/aromatic N) is 7. The molecule has 7 nitrogen and oxygen atoms in total. The Labute approximate surface area is 831 Å². The van der Waals surface area contributed by atoms with Gasteiger partial charge in [0.15, 0.2) is 0 Å². The first kappa shape index (κ1) is 84.9. The highest BCUT2D eigenvalue weighted by atomic mass is 15.2. The van der Waals surface area contributed by atoms with Gasteiger partial charge >= 0.3 is 0 Å². The average molecular weight is 1830 g/mol. The molecule has 26 rings (SSSR count). The fourth-order valence-electron chi connectivity index (χ4n) is 22.4. The molecular weight excluding hydrogens is 1730 g/mol. The fourth-order valence-corrected chi connectivity index (χ4v) is 22.4. The van der Waals surface area contributed by atoms with Crippen LogP contribution in [-0.4, -0.2) is 18.3 Å². The van der Waals surface area contributed by atoms with Gasteiger partial charge in [-0.05, 0) is 321 Å². The van der Waals surface area contributed by atoms with E-state index in [1.807, 2.05) is 0 Å². The molecule has 4 heterocycles. The summed E-state index contributed by atoms with van der Waals surface area (Å²) in [5.41, 5.74) is 40.7. The van der Waals surface area contributed by atoms with Gasteiger partial charge in [-0.15, -0.1) is 0 Å². The predicted octanol–water partition coefficient (Wildman–Crippen LogP) is 37.3. The number of rotatable bonds is 22. The van der Waals surface area contributed by atoms with Crippen LogP contribution in [-0.2, 0) is 0 Å². The largest absolute Gasteiger partial charge is 0.310 e. The lowest BCUT2D eigenvalue weighted by molar-refractivity contribution is 0.779. The Hall–Kier alpha value is -18.6. The van der Waals surface area contributed by atoms with E-state index in [2.05, 4.69) is 581 Å². The number of anilines is 9. The number of aromatic nitrogens is 4. The van der Waals surface area contributed by atoms with Crippen LogP contribution in [0.3, 0.4) is 0 Å². The van der Waals surface area contributed by atoms with Crippen LogP contribution >= 0.6 is 0 Å². The van der Waals surface area contributed by atoms with Crippen molar-refractivity contribution in [2.24, 2.45) is 0 Å². The van der Waals surface area contributed by atoms with Gasteiger partial charge in [-0.25, -0.2) is 0 Å². The summed E-state index contributed by atoms with van der Waals surface area (Å²) in [6.45, 7) is 4.56. The molecule has 0 saturated heterocycles. The summed E-state index contributed by atoms with van der Waals surface area (Å²) in [5.74, 6) is 0.248. The molecule has 0 bridgehead atoms. The number of hydrogen-bond acceptors (Lipinski definition) is 3. The fraction of sp³-hybridized carbons (Fsp3) is 0.0294. The summed E-state index contributed by atoms with van der Waals surface area (Å²) >= 11 is 0. The number of benzene rings is 22. The summed E-state index contributed by atoms with van der Waals surface area (Å²) in [7, 11) is 0. The zero-order valence-corrected chi connectivity index (χ0v) is 79.2. The molecule has 26 aromatic rings. The van der Waals surface area contributed by atoms with Crippen LogP contribution in [0, 0.1) is 6.92 Å². The minimum atomic E-state index is 0.248. The highest BCUT2D eigenvalue weighted by Gasteiger charge is 2.27. The molecule has 0 aliphatic rings. The van der Waals surface area contributed by atoms with Crippen LogP contribution in [0.25, 0.3) is 177 Å². The van der Waals surface area contributed by atoms with Crippen LogP contribution in [0.5, 0.6) is 0 Å². The Bertz CT molecular complexity index is 9080. The number of fused-ring (bicyclic) bond motifs is 12. The lowest BCUT2D eigenvalue weighted by Crippen LogP contribution is -2.14. The van der Waals surface area contributed by atoms with Crippen molar-refractivity contribution < 1.29 is 0 Å². The Balaban J connectivity index is 0.622. The quantitative estimate of drug-likeness (QED) is 0.0677. The van der Waals surface area contributed by atoms with Gasteiger partial charge in [0.25, 0.3) is 0 Å². The minimum Gasteiger partial charge on any atom is -0.310 e. The molecule has 0 fully saturated rings. The molecule has 0 radical (unpaired) electrons. The molecule has 143 heavy (non-hydrogen) atoms. The van der Waals surface area contributed by atoms with E-state index in [0.29, 0.717) is 0 Å². The van der Waals surface area contributed by atoms with Gasteiger partial charge in [0.2, 0.25) is 0 Å². The maximum Gasteiger partial charge on any atom is 0.0541 e. The Morgan fingerprint density at radius 2 is 0.413 bits per heavy atom. The van der Waals surface area contributed by atoms with Crippen LogP contribution < -0.4 is 14.7 Å². The predicted molar refractivity (Wildman–Crippen MR) is 604 cm³/mol. The lowest BCUT2D eigenvalue weighted by atomic mass is 9.83. The van der Waals surface area contributed by atoms with E-state index in [4.69, 9.17) is 0 Å². The van der Waals surface area contributed by atoms with Crippen molar-refractivity contribution >= 4 is 138 Å². The third-order valence-electron chi connectivity index (χ3n) is 29.2. The first-order valence-electron chi connectivity index (χ1n) is 49.5. The molecule has 0 spiro atoms. The Morgan fingerprint density at radius 3 is 0.713 bits per heavy atom. The SMILES string of the molecule is CCC(c1ccccc1)c1ccccc1-c1cc(-c2ccc(N(c3ccc(-c4ccc5c(c4)c4ccccc4n5-c4ccccc4)cc3)c3cccc(N(c4ccc(-c5ccc6c(c5)c5ccccc5n6-c5ccccc5)cc4)c4cccc(N(c5ccc(-c6ccc7c(c6)c6ccccc6n7-c6ccccc6)cc5)c5ccc(-c6ccc7c(c6)c6ccccc6n7-c6ccccc6)cc5)c4)c3)cc2)ccc1C. The molecule has 0 amide bonds. The summed E-state index contributed by atoms with van der Waals surface area (Å²) < 4.78 is 9.55. The molecule has 676 valence electrons. The summed E-state index contributed by atoms with van der Waals surface area (Å²) in [4.78, 5) is 7.30. The van der Waals surface area contributed by atoms with Gasteiger partial charge in [0, 0.05) is 123 Å². The maximum absolute atomic E-state index is 2.44. The van der Waals surface area contributed by atoms with Crippen molar-refractivity contribution in [3.05, 3.63) is 551 Å². The van der Waals surface area contributed by atoms with Gasteiger partial charge in [-0.2, -0.15) is 0 Å². The summed E-state index contributed by atoms with van der Waals surface area (Å²) in [6.07, 6.45) is 0.987. The number of aryl methyl sites for hydroxylation is 1. The molecule has 0 saturated carbocycles. The van der Waals surface area contributed by atoms with Crippen LogP contribution in [0.15, 0.2) is 534 Å². The van der Waals surface area contributed by atoms with Crippen molar-refractivity contribution in [3.8, 4) is 89.5 Å². The Kier molecular flexibility index (Phi) is 21.4. The second kappa shape index (κ2) is 36.1. The van der Waals surface area contributed by atoms with Gasteiger partial charge in [0.1, 0.15) is 0 Å². The van der Waals surface area contributed by atoms with E-state index in [0.717, 1.165) is 142 Å². The second-order valence-corrected chi connectivity index (χ2v) is 37.4. The molecular formula is C136H97N7. The molecule has 0 aliphatic carbocycles. The smallest absolute Gasteiger partial charge is 0.0541 e. The molecule has 0 aliphatic heterocycles. The van der Waals surface area contributed by atoms with Gasteiger partial charge in [-0.3, -0.25) is 0 Å². The Morgan fingerprint density at radius 1 is 0.175 bits per heavy atom. The first-order chi connectivity index (χ1) is 70.8. The summed E-state index contributed by atoms with van der Waals surface area (Å²) in [5, 5.41) is 9.70. The molecule has 1 atom stereocenters. The van der Waals surface area contributed by atoms with Gasteiger partial charge in [0.05, 0.1) is 44.1 Å².